The van der Waals surface area contributed by atoms with Crippen LogP contribution in [0.3, 0.4) is 0 Å². The van der Waals surface area contributed by atoms with Gasteiger partial charge in [-0.2, -0.15) is 13.2 Å². The van der Waals surface area contributed by atoms with Crippen molar-refractivity contribution in [2.75, 3.05) is 7.11 Å². The Kier molecular flexibility index (Phi) is 5.26. The molecule has 0 radical (unpaired) electrons. The first-order valence-electron chi connectivity index (χ1n) is 8.55. The van der Waals surface area contributed by atoms with Crippen molar-refractivity contribution in [2.24, 2.45) is 0 Å². The van der Waals surface area contributed by atoms with Crippen LogP contribution >= 0.6 is 27.3 Å². The van der Waals surface area contributed by atoms with Crippen molar-refractivity contribution in [3.63, 3.8) is 0 Å². The number of benzene rings is 2. The van der Waals surface area contributed by atoms with Gasteiger partial charge in [0, 0.05) is 11.8 Å². The van der Waals surface area contributed by atoms with Gasteiger partial charge < -0.3 is 9.84 Å². The Hall–Kier alpha value is -2.92. The molecule has 1 N–H and O–H groups in total. The van der Waals surface area contributed by atoms with Gasteiger partial charge in [0.25, 0.3) is 5.56 Å². The van der Waals surface area contributed by atoms with E-state index in [1.807, 2.05) is 0 Å². The highest BCUT2D eigenvalue weighted by molar-refractivity contribution is 9.10. The number of halogens is 5. The van der Waals surface area contributed by atoms with Crippen LogP contribution in [0.4, 0.5) is 17.6 Å². The molecular weight excluding hydrogens is 504 g/mol. The van der Waals surface area contributed by atoms with Crippen molar-refractivity contribution in [1.29, 1.82) is 0 Å². The number of aromatic nitrogens is 2. The molecule has 0 saturated carbocycles. The van der Waals surface area contributed by atoms with Gasteiger partial charge in [0.05, 0.1) is 27.4 Å². The number of alkyl halides is 3. The number of thiazole rings is 1. The van der Waals surface area contributed by atoms with Crippen LogP contribution in [0.2, 0.25) is 0 Å². The summed E-state index contributed by atoms with van der Waals surface area (Å²) in [5, 5.41) is 9.90. The van der Waals surface area contributed by atoms with Crippen LogP contribution in [0, 0.1) is 5.82 Å². The van der Waals surface area contributed by atoms with Gasteiger partial charge in [-0.05, 0) is 57.9 Å². The Morgan fingerprint density at radius 2 is 2.00 bits per heavy atom. The quantitative estimate of drug-likeness (QED) is 0.405. The van der Waals surface area contributed by atoms with Crippen LogP contribution < -0.4 is 14.8 Å². The predicted molar refractivity (Wildman–Crippen MR) is 111 cm³/mol. The highest BCUT2D eigenvalue weighted by Crippen LogP contribution is 2.36. The lowest BCUT2D eigenvalue weighted by molar-refractivity contribution is -0.139. The third-order valence-electron chi connectivity index (χ3n) is 4.44. The molecule has 0 unspecified atom stereocenters. The number of hydrogen-bond donors (Lipinski definition) is 1. The van der Waals surface area contributed by atoms with E-state index in [0.29, 0.717) is 20.6 Å². The lowest BCUT2D eigenvalue weighted by Crippen LogP contribution is -2.22. The second-order valence-electron chi connectivity index (χ2n) is 6.44. The van der Waals surface area contributed by atoms with Gasteiger partial charge in [0.1, 0.15) is 5.82 Å². The molecule has 0 aliphatic rings. The molecule has 0 spiro atoms. The third kappa shape index (κ3) is 3.90. The molecule has 0 fully saturated rings. The van der Waals surface area contributed by atoms with Gasteiger partial charge in [-0.3, -0.25) is 9.20 Å². The third-order valence-corrected chi connectivity index (χ3v) is 6.03. The standard InChI is InChI=1S/C20H11BrF4N2O3S/c1-30-15-5-9(4-12(21)17(15)28)6-16-18(29)27-8-14(26-19(27)31-16)10-2-3-13(22)11(7-10)20(23,24)25/h2-8,28H,1H3. The molecule has 4 aromatic rings. The van der Waals surface area contributed by atoms with Crippen LogP contribution in [0.15, 0.2) is 45.8 Å². The molecule has 5 nitrogen and oxygen atoms in total. The van der Waals surface area contributed by atoms with E-state index in [4.69, 9.17) is 4.74 Å². The van der Waals surface area contributed by atoms with Gasteiger partial charge >= 0.3 is 6.18 Å². The summed E-state index contributed by atoms with van der Waals surface area (Å²) in [5.74, 6) is -1.24. The van der Waals surface area contributed by atoms with Crippen molar-refractivity contribution in [1.82, 2.24) is 9.38 Å². The first-order valence-corrected chi connectivity index (χ1v) is 10.2. The summed E-state index contributed by atoms with van der Waals surface area (Å²) in [6.07, 6.45) is -1.96. The van der Waals surface area contributed by atoms with Crippen molar-refractivity contribution >= 4 is 38.3 Å². The largest absolute Gasteiger partial charge is 0.503 e. The number of phenolic OH excluding ortho intramolecular Hbond substituents is 1. The molecule has 4 rings (SSSR count). The number of hydrogen-bond acceptors (Lipinski definition) is 5. The summed E-state index contributed by atoms with van der Waals surface area (Å²) in [6, 6.07) is 5.71. The minimum Gasteiger partial charge on any atom is -0.503 e. The zero-order valence-electron chi connectivity index (χ0n) is 15.5. The number of rotatable bonds is 3. The monoisotopic (exact) mass is 514 g/mol. The number of nitrogens with zero attached hydrogens (tertiary/aromatic N) is 2. The molecule has 0 aliphatic carbocycles. The lowest BCUT2D eigenvalue weighted by Gasteiger charge is -2.08. The van der Waals surface area contributed by atoms with E-state index < -0.39 is 23.1 Å². The molecule has 0 amide bonds. The van der Waals surface area contributed by atoms with Gasteiger partial charge in [0.2, 0.25) is 0 Å². The van der Waals surface area contributed by atoms with Crippen LogP contribution in [0.5, 0.6) is 11.5 Å². The maximum atomic E-state index is 13.5. The predicted octanol–water partition coefficient (Wildman–Crippen LogP) is 4.61. The Morgan fingerprint density at radius 3 is 2.65 bits per heavy atom. The van der Waals surface area contributed by atoms with Crippen LogP contribution in [-0.4, -0.2) is 21.6 Å². The number of methoxy groups -OCH3 is 1. The second-order valence-corrected chi connectivity index (χ2v) is 8.30. The lowest BCUT2D eigenvalue weighted by atomic mass is 10.1. The number of phenols is 1. The number of imidazole rings is 1. The SMILES string of the molecule is COc1cc(C=c2sc3nc(-c4ccc(F)c(C(F)(F)F)c4)cn3c2=O)cc(Br)c1O. The molecule has 160 valence electrons. The van der Waals surface area contributed by atoms with E-state index in [2.05, 4.69) is 20.9 Å². The molecule has 2 heterocycles. The maximum absolute atomic E-state index is 13.5. The Balaban J connectivity index is 1.79. The van der Waals surface area contributed by atoms with Gasteiger partial charge in [-0.15, -0.1) is 0 Å². The molecule has 0 aliphatic heterocycles. The first kappa shape index (κ1) is 21.3. The average Bonchev–Trinajstić information content (AvgIpc) is 3.23. The Labute approximate surface area is 184 Å². The summed E-state index contributed by atoms with van der Waals surface area (Å²) in [4.78, 5) is 17.2. The number of ether oxygens (including phenoxy) is 1. The summed E-state index contributed by atoms with van der Waals surface area (Å²) in [5.41, 5.74) is -1.07. The molecule has 2 aromatic carbocycles. The van der Waals surface area contributed by atoms with Gasteiger partial charge in [-0.25, -0.2) is 9.37 Å². The van der Waals surface area contributed by atoms with Gasteiger partial charge in [0.15, 0.2) is 16.5 Å². The fourth-order valence-electron chi connectivity index (χ4n) is 2.96. The zero-order chi connectivity index (χ0) is 22.5. The summed E-state index contributed by atoms with van der Waals surface area (Å²) in [6.45, 7) is 0. The van der Waals surface area contributed by atoms with Gasteiger partial charge in [-0.1, -0.05) is 11.3 Å². The minimum atomic E-state index is -4.84. The molecule has 2 aromatic heterocycles. The summed E-state index contributed by atoms with van der Waals surface area (Å²) < 4.78 is 59.5. The molecule has 0 atom stereocenters. The maximum Gasteiger partial charge on any atom is 0.419 e. The molecule has 31 heavy (non-hydrogen) atoms. The number of aromatic hydroxyl groups is 1. The van der Waals surface area contributed by atoms with Crippen LogP contribution in [-0.2, 0) is 6.18 Å². The van der Waals surface area contributed by atoms with E-state index in [1.165, 1.54) is 23.8 Å². The van der Waals surface area contributed by atoms with E-state index >= 15 is 0 Å². The van der Waals surface area contributed by atoms with E-state index in [9.17, 15) is 27.5 Å². The van der Waals surface area contributed by atoms with Crippen molar-refractivity contribution in [2.45, 2.75) is 6.18 Å². The fraction of sp³-hybridized carbons (Fsp3) is 0.100. The topological polar surface area (TPSA) is 63.8 Å². The summed E-state index contributed by atoms with van der Waals surface area (Å²) in [7, 11) is 1.39. The second kappa shape index (κ2) is 7.65. The van der Waals surface area contributed by atoms with Crippen LogP contribution in [0.25, 0.3) is 22.3 Å². The molecule has 11 heteroatoms. The van der Waals surface area contributed by atoms with Crippen molar-refractivity contribution in [3.05, 3.63) is 72.8 Å². The van der Waals surface area contributed by atoms with E-state index in [0.717, 1.165) is 17.4 Å². The zero-order valence-corrected chi connectivity index (χ0v) is 17.9. The molecule has 0 bridgehead atoms. The highest BCUT2D eigenvalue weighted by atomic mass is 79.9. The minimum absolute atomic E-state index is 0.0433. The number of fused-ring (bicyclic) bond motifs is 1. The van der Waals surface area contributed by atoms with Crippen molar-refractivity contribution in [3.8, 4) is 22.8 Å². The highest BCUT2D eigenvalue weighted by Gasteiger charge is 2.34. The average molecular weight is 515 g/mol. The molecule has 0 saturated heterocycles. The smallest absolute Gasteiger partial charge is 0.419 e. The Bertz CT molecular complexity index is 1430. The first-order chi connectivity index (χ1) is 14.6. The normalized spacial score (nSPS) is 12.6. The Morgan fingerprint density at radius 1 is 1.26 bits per heavy atom. The molecular formula is C20H11BrF4N2O3S. The van der Waals surface area contributed by atoms with E-state index in [-0.39, 0.29) is 27.7 Å². The van der Waals surface area contributed by atoms with E-state index in [1.54, 1.807) is 18.2 Å². The van der Waals surface area contributed by atoms with Crippen molar-refractivity contribution < 1.29 is 27.4 Å². The summed E-state index contributed by atoms with van der Waals surface area (Å²) >= 11 is 4.25. The van der Waals surface area contributed by atoms with Crippen LogP contribution in [0.1, 0.15) is 11.1 Å². The fourth-order valence-corrected chi connectivity index (χ4v) is 4.37.